The molecular weight excluding hydrogens is 250 g/mol. The first kappa shape index (κ1) is 13.0. The van der Waals surface area contributed by atoms with Crippen LogP contribution in [-0.2, 0) is 4.79 Å². The standard InChI is InChI=1S/C11H13N5O3/c1-2-3-12-4-10(17)15-5-8(6-15)16-7-9(11(18)19)13-14-16/h1,7-8,12H,3-6H2,(H,18,19). The number of hydrogen-bond acceptors (Lipinski definition) is 5. The van der Waals surface area contributed by atoms with Crippen LogP contribution < -0.4 is 5.32 Å². The number of carboxylic acids is 1. The van der Waals surface area contributed by atoms with Gasteiger partial charge in [-0.25, -0.2) is 9.48 Å². The van der Waals surface area contributed by atoms with Crippen LogP contribution in [0.2, 0.25) is 0 Å². The summed E-state index contributed by atoms with van der Waals surface area (Å²) in [6.45, 7) is 1.56. The number of amides is 1. The first-order valence-electron chi connectivity index (χ1n) is 5.69. The molecule has 1 aliphatic rings. The van der Waals surface area contributed by atoms with Gasteiger partial charge in [-0.15, -0.1) is 11.5 Å². The van der Waals surface area contributed by atoms with Gasteiger partial charge >= 0.3 is 5.97 Å². The van der Waals surface area contributed by atoms with E-state index in [2.05, 4.69) is 21.5 Å². The summed E-state index contributed by atoms with van der Waals surface area (Å²) in [5.41, 5.74) is -0.0968. The molecule has 0 atom stereocenters. The Hall–Kier alpha value is -2.40. The molecule has 8 heteroatoms. The average Bonchev–Trinajstić information content (AvgIpc) is 2.77. The molecule has 2 heterocycles. The van der Waals surface area contributed by atoms with E-state index < -0.39 is 5.97 Å². The van der Waals surface area contributed by atoms with Crippen LogP contribution >= 0.6 is 0 Å². The number of carboxylic acid groups (broad SMARTS) is 1. The Kier molecular flexibility index (Phi) is 3.77. The molecule has 0 bridgehead atoms. The van der Waals surface area contributed by atoms with Crippen molar-refractivity contribution < 1.29 is 14.7 Å². The molecule has 1 fully saturated rings. The van der Waals surface area contributed by atoms with Gasteiger partial charge in [0.2, 0.25) is 5.91 Å². The third-order valence-electron chi connectivity index (χ3n) is 2.82. The largest absolute Gasteiger partial charge is 0.476 e. The molecule has 100 valence electrons. The lowest BCUT2D eigenvalue weighted by Gasteiger charge is -2.38. The molecule has 0 aromatic carbocycles. The number of terminal acetylenes is 1. The number of carbonyl (C=O) groups is 2. The van der Waals surface area contributed by atoms with Crippen molar-refractivity contribution in [1.82, 2.24) is 25.2 Å². The average molecular weight is 263 g/mol. The van der Waals surface area contributed by atoms with Gasteiger partial charge in [0, 0.05) is 13.1 Å². The Bertz CT molecular complexity index is 527. The lowest BCUT2D eigenvalue weighted by atomic mass is 10.1. The van der Waals surface area contributed by atoms with Crippen LogP contribution in [0.25, 0.3) is 0 Å². The minimum atomic E-state index is -1.11. The Morgan fingerprint density at radius 2 is 2.32 bits per heavy atom. The fourth-order valence-electron chi connectivity index (χ4n) is 1.73. The number of nitrogens with zero attached hydrogens (tertiary/aromatic N) is 4. The summed E-state index contributed by atoms with van der Waals surface area (Å²) in [6, 6.07) is -0.0165. The number of nitrogens with one attached hydrogen (secondary N) is 1. The van der Waals surface area contributed by atoms with Crippen molar-refractivity contribution in [2.24, 2.45) is 0 Å². The summed E-state index contributed by atoms with van der Waals surface area (Å²) in [5, 5.41) is 18.8. The van der Waals surface area contributed by atoms with Gasteiger partial charge in [0.25, 0.3) is 0 Å². The van der Waals surface area contributed by atoms with Gasteiger partial charge in [-0.2, -0.15) is 0 Å². The van der Waals surface area contributed by atoms with Gasteiger partial charge in [-0.05, 0) is 0 Å². The summed E-state index contributed by atoms with van der Waals surface area (Å²) >= 11 is 0. The van der Waals surface area contributed by atoms with Crippen LogP contribution in [0.3, 0.4) is 0 Å². The summed E-state index contributed by atoms with van der Waals surface area (Å²) in [7, 11) is 0. The maximum atomic E-state index is 11.6. The smallest absolute Gasteiger partial charge is 0.358 e. The number of rotatable bonds is 5. The first-order valence-corrected chi connectivity index (χ1v) is 5.69. The van der Waals surface area contributed by atoms with E-state index in [-0.39, 0.29) is 24.2 Å². The Morgan fingerprint density at radius 3 is 2.89 bits per heavy atom. The summed E-state index contributed by atoms with van der Waals surface area (Å²) in [4.78, 5) is 24.0. The van der Waals surface area contributed by atoms with E-state index in [9.17, 15) is 9.59 Å². The van der Waals surface area contributed by atoms with E-state index in [0.29, 0.717) is 19.6 Å². The topological polar surface area (TPSA) is 100 Å². The summed E-state index contributed by atoms with van der Waals surface area (Å²) in [6.07, 6.45) is 6.42. The predicted molar refractivity (Wildman–Crippen MR) is 64.3 cm³/mol. The van der Waals surface area contributed by atoms with E-state index in [1.807, 2.05) is 0 Å². The monoisotopic (exact) mass is 263 g/mol. The van der Waals surface area contributed by atoms with Gasteiger partial charge < -0.3 is 10.0 Å². The molecule has 0 saturated carbocycles. The molecule has 1 aliphatic heterocycles. The van der Waals surface area contributed by atoms with Crippen molar-refractivity contribution in [1.29, 1.82) is 0 Å². The van der Waals surface area contributed by atoms with Crippen molar-refractivity contribution in [2.45, 2.75) is 6.04 Å². The lowest BCUT2D eigenvalue weighted by molar-refractivity contribution is -0.136. The van der Waals surface area contributed by atoms with Crippen molar-refractivity contribution in [3.8, 4) is 12.3 Å². The van der Waals surface area contributed by atoms with Crippen molar-refractivity contribution in [3.63, 3.8) is 0 Å². The molecule has 0 unspecified atom stereocenters. The number of aromatic nitrogens is 3. The van der Waals surface area contributed by atoms with Gasteiger partial charge in [-0.3, -0.25) is 10.1 Å². The molecule has 19 heavy (non-hydrogen) atoms. The Morgan fingerprint density at radius 1 is 1.58 bits per heavy atom. The number of hydrogen-bond donors (Lipinski definition) is 2. The molecule has 8 nitrogen and oxygen atoms in total. The summed E-state index contributed by atoms with van der Waals surface area (Å²) in [5.74, 6) is 1.24. The van der Waals surface area contributed by atoms with E-state index >= 15 is 0 Å². The molecule has 1 saturated heterocycles. The van der Waals surface area contributed by atoms with Gasteiger partial charge in [0.05, 0.1) is 25.3 Å². The Balaban J connectivity index is 1.80. The molecule has 0 aliphatic carbocycles. The second kappa shape index (κ2) is 5.49. The fourth-order valence-corrected chi connectivity index (χ4v) is 1.73. The minimum Gasteiger partial charge on any atom is -0.476 e. The van der Waals surface area contributed by atoms with Crippen LogP contribution in [0.15, 0.2) is 6.20 Å². The molecule has 0 spiro atoms. The molecule has 1 amide bonds. The molecule has 0 radical (unpaired) electrons. The number of aromatic carboxylic acids is 1. The third-order valence-corrected chi connectivity index (χ3v) is 2.82. The normalized spacial score (nSPS) is 14.8. The van der Waals surface area contributed by atoms with Crippen LogP contribution in [0, 0.1) is 12.3 Å². The fraction of sp³-hybridized carbons (Fsp3) is 0.455. The molecule has 2 N–H and O–H groups in total. The van der Waals surface area contributed by atoms with Crippen molar-refractivity contribution in [3.05, 3.63) is 11.9 Å². The van der Waals surface area contributed by atoms with Gasteiger partial charge in [0.1, 0.15) is 0 Å². The van der Waals surface area contributed by atoms with E-state index in [4.69, 9.17) is 11.5 Å². The SMILES string of the molecule is C#CCNCC(=O)N1CC(n2cc(C(=O)O)nn2)C1. The molecule has 2 rings (SSSR count). The zero-order chi connectivity index (χ0) is 13.8. The zero-order valence-electron chi connectivity index (χ0n) is 10.1. The minimum absolute atomic E-state index is 0.0165. The van der Waals surface area contributed by atoms with Crippen molar-refractivity contribution in [2.75, 3.05) is 26.2 Å². The molecule has 1 aromatic rings. The van der Waals surface area contributed by atoms with Crippen LogP contribution in [0.1, 0.15) is 16.5 Å². The first-order chi connectivity index (χ1) is 9.11. The number of carbonyl (C=O) groups excluding carboxylic acids is 1. The quantitative estimate of drug-likeness (QED) is 0.499. The maximum absolute atomic E-state index is 11.6. The highest BCUT2D eigenvalue weighted by Crippen LogP contribution is 2.20. The lowest BCUT2D eigenvalue weighted by Crippen LogP contribution is -2.53. The maximum Gasteiger partial charge on any atom is 0.358 e. The molecular formula is C11H13N5O3. The number of likely N-dealkylation sites (tertiary alicyclic amines) is 1. The second-order valence-corrected chi connectivity index (χ2v) is 4.15. The van der Waals surface area contributed by atoms with E-state index in [0.717, 1.165) is 0 Å². The van der Waals surface area contributed by atoms with Gasteiger partial charge in [-0.1, -0.05) is 11.1 Å². The van der Waals surface area contributed by atoms with Crippen LogP contribution in [0.5, 0.6) is 0 Å². The van der Waals surface area contributed by atoms with Crippen molar-refractivity contribution >= 4 is 11.9 Å². The van der Waals surface area contributed by atoms with Gasteiger partial charge in [0.15, 0.2) is 5.69 Å². The second-order valence-electron chi connectivity index (χ2n) is 4.15. The van der Waals surface area contributed by atoms with Crippen LogP contribution in [-0.4, -0.2) is 63.1 Å². The van der Waals surface area contributed by atoms with Crippen LogP contribution in [0.4, 0.5) is 0 Å². The van der Waals surface area contributed by atoms with E-state index in [1.54, 1.807) is 4.90 Å². The Labute approximate surface area is 109 Å². The highest BCUT2D eigenvalue weighted by molar-refractivity contribution is 5.84. The molecule has 1 aromatic heterocycles. The third kappa shape index (κ3) is 2.89. The van der Waals surface area contributed by atoms with E-state index in [1.165, 1.54) is 10.9 Å². The zero-order valence-corrected chi connectivity index (χ0v) is 10.1. The highest BCUT2D eigenvalue weighted by Gasteiger charge is 2.32. The predicted octanol–water partition coefficient (Wildman–Crippen LogP) is -1.42. The summed E-state index contributed by atoms with van der Waals surface area (Å²) < 4.78 is 1.47. The highest BCUT2D eigenvalue weighted by atomic mass is 16.4.